The van der Waals surface area contributed by atoms with Gasteiger partial charge in [0.1, 0.15) is 0 Å². The average molecular weight is 287 g/mol. The van der Waals surface area contributed by atoms with E-state index in [0.717, 1.165) is 18.2 Å². The van der Waals surface area contributed by atoms with Gasteiger partial charge in [0.2, 0.25) is 0 Å². The SMILES string of the molecule is O=C(NOCC(F)(F)F)c1ccccc1C(F)(F)F. The summed E-state index contributed by atoms with van der Waals surface area (Å²) in [7, 11) is 0. The van der Waals surface area contributed by atoms with E-state index in [4.69, 9.17) is 0 Å². The monoisotopic (exact) mass is 287 g/mol. The summed E-state index contributed by atoms with van der Waals surface area (Å²) >= 11 is 0. The van der Waals surface area contributed by atoms with E-state index in [9.17, 15) is 31.1 Å². The third kappa shape index (κ3) is 4.78. The number of hydrogen-bond donors (Lipinski definition) is 1. The zero-order chi connectivity index (χ0) is 14.7. The molecule has 0 aliphatic rings. The lowest BCUT2D eigenvalue weighted by atomic mass is 10.1. The van der Waals surface area contributed by atoms with Gasteiger partial charge in [-0.05, 0) is 12.1 Å². The number of carbonyl (C=O) groups is 1. The minimum atomic E-state index is -4.79. The second-order valence-corrected chi connectivity index (χ2v) is 3.38. The summed E-state index contributed by atoms with van der Waals surface area (Å²) in [6.07, 6.45) is -9.49. The van der Waals surface area contributed by atoms with Crippen LogP contribution in [-0.4, -0.2) is 18.7 Å². The van der Waals surface area contributed by atoms with E-state index in [1.165, 1.54) is 5.48 Å². The Morgan fingerprint density at radius 2 is 1.68 bits per heavy atom. The van der Waals surface area contributed by atoms with E-state index < -0.39 is 36.0 Å². The maximum atomic E-state index is 12.5. The average Bonchev–Trinajstić information content (AvgIpc) is 2.26. The molecule has 0 bridgehead atoms. The van der Waals surface area contributed by atoms with Crippen LogP contribution in [0.25, 0.3) is 0 Å². The minimum absolute atomic E-state index is 0.638. The van der Waals surface area contributed by atoms with Gasteiger partial charge in [-0.1, -0.05) is 12.1 Å². The van der Waals surface area contributed by atoms with Crippen LogP contribution in [0.3, 0.4) is 0 Å². The van der Waals surface area contributed by atoms with E-state index in [2.05, 4.69) is 4.84 Å². The Labute approximate surface area is 103 Å². The zero-order valence-corrected chi connectivity index (χ0v) is 9.10. The van der Waals surface area contributed by atoms with Gasteiger partial charge in [-0.3, -0.25) is 9.63 Å². The number of nitrogens with one attached hydrogen (secondary N) is 1. The summed E-state index contributed by atoms with van der Waals surface area (Å²) in [5, 5.41) is 0. The number of hydrogen-bond acceptors (Lipinski definition) is 2. The van der Waals surface area contributed by atoms with Crippen LogP contribution in [0.4, 0.5) is 26.3 Å². The predicted octanol–water partition coefficient (Wildman–Crippen LogP) is 2.93. The molecule has 0 unspecified atom stereocenters. The molecule has 0 aromatic heterocycles. The Kier molecular flexibility index (Phi) is 4.40. The smallest absolute Gasteiger partial charge is 0.267 e. The highest BCUT2D eigenvalue weighted by Crippen LogP contribution is 2.31. The molecule has 0 fully saturated rings. The molecule has 1 N–H and O–H groups in total. The van der Waals surface area contributed by atoms with Crippen molar-refractivity contribution >= 4 is 5.91 Å². The lowest BCUT2D eigenvalue weighted by Gasteiger charge is -2.13. The number of rotatable bonds is 3. The molecule has 1 rings (SSSR count). The molecule has 0 spiro atoms. The molecule has 0 aliphatic heterocycles. The molecule has 0 atom stereocenters. The van der Waals surface area contributed by atoms with E-state index >= 15 is 0 Å². The molecule has 0 saturated carbocycles. The van der Waals surface area contributed by atoms with Crippen molar-refractivity contribution in [1.82, 2.24) is 5.48 Å². The standard InChI is InChI=1S/C10H7F6NO2/c11-9(12,13)5-19-17-8(18)6-3-1-2-4-7(6)10(14,15)16/h1-4H,5H2,(H,17,18). The van der Waals surface area contributed by atoms with Gasteiger partial charge in [-0.15, -0.1) is 0 Å². The van der Waals surface area contributed by atoms with Crippen molar-refractivity contribution in [2.45, 2.75) is 12.4 Å². The zero-order valence-electron chi connectivity index (χ0n) is 9.10. The van der Waals surface area contributed by atoms with Crippen LogP contribution in [0.15, 0.2) is 24.3 Å². The molecule has 106 valence electrons. The Bertz CT molecular complexity index is 454. The Morgan fingerprint density at radius 3 is 2.21 bits per heavy atom. The molecule has 1 aromatic carbocycles. The Balaban J connectivity index is 2.78. The lowest BCUT2D eigenvalue weighted by molar-refractivity contribution is -0.184. The molecular formula is C10H7F6NO2. The summed E-state index contributed by atoms with van der Waals surface area (Å²) < 4.78 is 72.7. The lowest BCUT2D eigenvalue weighted by Crippen LogP contribution is -2.30. The summed E-state index contributed by atoms with van der Waals surface area (Å²) in [6, 6.07) is 3.66. The first-order valence-corrected chi connectivity index (χ1v) is 4.76. The Hall–Kier alpha value is -1.77. The largest absolute Gasteiger partial charge is 0.417 e. The first kappa shape index (κ1) is 15.3. The van der Waals surface area contributed by atoms with E-state index in [1.807, 2.05) is 0 Å². The fourth-order valence-corrected chi connectivity index (χ4v) is 1.17. The van der Waals surface area contributed by atoms with Crippen LogP contribution < -0.4 is 5.48 Å². The molecule has 3 nitrogen and oxygen atoms in total. The maximum Gasteiger partial charge on any atom is 0.417 e. The highest BCUT2D eigenvalue weighted by Gasteiger charge is 2.35. The van der Waals surface area contributed by atoms with Crippen LogP contribution in [0, 0.1) is 0 Å². The van der Waals surface area contributed by atoms with Gasteiger partial charge in [0.15, 0.2) is 6.61 Å². The quantitative estimate of drug-likeness (QED) is 0.685. The third-order valence-electron chi connectivity index (χ3n) is 1.88. The van der Waals surface area contributed by atoms with Crippen molar-refractivity contribution in [3.8, 4) is 0 Å². The van der Waals surface area contributed by atoms with Gasteiger partial charge in [-0.25, -0.2) is 5.48 Å². The van der Waals surface area contributed by atoms with Crippen molar-refractivity contribution in [2.24, 2.45) is 0 Å². The van der Waals surface area contributed by atoms with Gasteiger partial charge in [0.05, 0.1) is 11.1 Å². The van der Waals surface area contributed by atoms with Crippen LogP contribution in [0.2, 0.25) is 0 Å². The topological polar surface area (TPSA) is 38.3 Å². The van der Waals surface area contributed by atoms with E-state index in [1.54, 1.807) is 0 Å². The van der Waals surface area contributed by atoms with Crippen LogP contribution in [0.1, 0.15) is 15.9 Å². The number of benzene rings is 1. The van der Waals surface area contributed by atoms with Crippen LogP contribution >= 0.6 is 0 Å². The normalized spacial score (nSPS) is 12.3. The molecule has 0 radical (unpaired) electrons. The number of carbonyl (C=O) groups excluding carboxylic acids is 1. The van der Waals surface area contributed by atoms with Crippen molar-refractivity contribution in [2.75, 3.05) is 6.61 Å². The number of amides is 1. The highest BCUT2D eigenvalue weighted by molar-refractivity contribution is 5.95. The van der Waals surface area contributed by atoms with E-state index in [-0.39, 0.29) is 0 Å². The second-order valence-electron chi connectivity index (χ2n) is 3.38. The summed E-state index contributed by atoms with van der Waals surface area (Å²) in [6.45, 7) is -1.80. The molecule has 0 saturated heterocycles. The molecule has 1 aromatic rings. The Morgan fingerprint density at radius 1 is 1.11 bits per heavy atom. The molecule has 19 heavy (non-hydrogen) atoms. The fraction of sp³-hybridized carbons (Fsp3) is 0.300. The highest BCUT2D eigenvalue weighted by atomic mass is 19.4. The van der Waals surface area contributed by atoms with Gasteiger partial charge in [0.25, 0.3) is 5.91 Å². The summed E-state index contributed by atoms with van der Waals surface area (Å²) in [5.41, 5.74) is -0.774. The molecule has 0 aliphatic carbocycles. The van der Waals surface area contributed by atoms with Gasteiger partial charge in [0, 0.05) is 0 Å². The first-order valence-electron chi connectivity index (χ1n) is 4.76. The fourth-order valence-electron chi connectivity index (χ4n) is 1.17. The minimum Gasteiger partial charge on any atom is -0.267 e. The predicted molar refractivity (Wildman–Crippen MR) is 50.9 cm³/mol. The second kappa shape index (κ2) is 5.47. The van der Waals surface area contributed by atoms with Crippen molar-refractivity contribution in [3.63, 3.8) is 0 Å². The van der Waals surface area contributed by atoms with Crippen molar-refractivity contribution in [3.05, 3.63) is 35.4 Å². The van der Waals surface area contributed by atoms with Crippen LogP contribution in [0.5, 0.6) is 0 Å². The summed E-state index contributed by atoms with van der Waals surface area (Å²) in [5.74, 6) is -1.41. The van der Waals surface area contributed by atoms with Crippen LogP contribution in [-0.2, 0) is 11.0 Å². The first-order chi connectivity index (χ1) is 8.61. The molecule has 1 amide bonds. The van der Waals surface area contributed by atoms with E-state index in [0.29, 0.717) is 6.07 Å². The van der Waals surface area contributed by atoms with Crippen molar-refractivity contribution in [1.29, 1.82) is 0 Å². The molecule has 9 heteroatoms. The molecular weight excluding hydrogens is 280 g/mol. The van der Waals surface area contributed by atoms with Gasteiger partial charge < -0.3 is 0 Å². The van der Waals surface area contributed by atoms with Crippen molar-refractivity contribution < 1.29 is 36.0 Å². The maximum absolute atomic E-state index is 12.5. The van der Waals surface area contributed by atoms with Gasteiger partial charge in [-0.2, -0.15) is 26.3 Å². The third-order valence-corrected chi connectivity index (χ3v) is 1.88. The number of halogens is 6. The number of hydroxylamine groups is 1. The molecule has 0 heterocycles. The number of alkyl halides is 6. The summed E-state index contributed by atoms with van der Waals surface area (Å²) in [4.78, 5) is 15.1. The van der Waals surface area contributed by atoms with Gasteiger partial charge >= 0.3 is 12.4 Å².